The maximum Gasteiger partial charge on any atom is 0.0894 e. The van der Waals surface area contributed by atoms with Crippen LogP contribution in [0.1, 0.15) is 11.1 Å². The summed E-state index contributed by atoms with van der Waals surface area (Å²) >= 11 is 0. The van der Waals surface area contributed by atoms with Gasteiger partial charge in [0.25, 0.3) is 0 Å². The Labute approximate surface area is 186 Å². The molecule has 0 fully saturated rings. The minimum Gasteiger partial charge on any atom is -0.309 e. The average molecular weight is 408 g/mol. The Kier molecular flexibility index (Phi) is 3.61. The summed E-state index contributed by atoms with van der Waals surface area (Å²) in [6.07, 6.45) is 4.14. The van der Waals surface area contributed by atoms with Gasteiger partial charge in [-0.05, 0) is 47.5 Å². The average Bonchev–Trinajstić information content (AvgIpc) is 3.66. The smallest absolute Gasteiger partial charge is 0.0894 e. The van der Waals surface area contributed by atoms with Crippen molar-refractivity contribution in [1.29, 1.82) is 0 Å². The highest BCUT2D eigenvalue weighted by Crippen LogP contribution is 2.56. The van der Waals surface area contributed by atoms with Gasteiger partial charge in [-0.3, -0.25) is 4.98 Å². The molecule has 2 heterocycles. The molecule has 32 heavy (non-hydrogen) atoms. The minimum absolute atomic E-state index is 0.883. The molecule has 0 bridgehead atoms. The Balaban J connectivity index is 1.35. The molecule has 1 aliphatic carbocycles. The van der Waals surface area contributed by atoms with Gasteiger partial charge in [0.1, 0.15) is 0 Å². The van der Waals surface area contributed by atoms with Gasteiger partial charge in [0, 0.05) is 28.8 Å². The van der Waals surface area contributed by atoms with Gasteiger partial charge in [-0.1, -0.05) is 60.7 Å². The molecule has 0 N–H and O–H groups in total. The fraction of sp³-hybridized carbons (Fsp3) is 0. The Hall–Kier alpha value is -4.24. The van der Waals surface area contributed by atoms with Gasteiger partial charge < -0.3 is 4.90 Å². The van der Waals surface area contributed by atoms with E-state index in [2.05, 4.69) is 89.1 Å². The quantitative estimate of drug-likeness (QED) is 0.309. The third kappa shape index (κ3) is 2.61. The number of rotatable bonds is 2. The molecule has 1 aliphatic heterocycles. The van der Waals surface area contributed by atoms with Crippen LogP contribution in [0.15, 0.2) is 103 Å². The van der Waals surface area contributed by atoms with Crippen LogP contribution in [0.4, 0.5) is 17.1 Å². The highest BCUT2D eigenvalue weighted by atomic mass is 15.1. The summed E-state index contributed by atoms with van der Waals surface area (Å²) in [5.41, 5.74) is 12.6. The Bertz CT molecular complexity index is 1490. The summed E-state index contributed by atoms with van der Waals surface area (Å²) in [5, 5.41) is 0. The van der Waals surface area contributed by atoms with E-state index in [-0.39, 0.29) is 0 Å². The second-order valence-corrected chi connectivity index (χ2v) is 8.13. The van der Waals surface area contributed by atoms with Crippen LogP contribution >= 0.6 is 0 Å². The first-order chi connectivity index (χ1) is 15.9. The molecule has 0 saturated heterocycles. The van der Waals surface area contributed by atoms with Crippen molar-refractivity contribution in [3.8, 4) is 11.3 Å². The summed E-state index contributed by atoms with van der Waals surface area (Å²) in [6, 6.07) is 33.9. The topological polar surface area (TPSA) is 29.0 Å². The van der Waals surface area contributed by atoms with Crippen LogP contribution in [0.5, 0.6) is 0 Å². The molecule has 1 aromatic heterocycles. The highest BCUT2D eigenvalue weighted by Gasteiger charge is 2.34. The Morgan fingerprint density at radius 2 is 1.16 bits per heavy atom. The molecule has 3 heteroatoms. The van der Waals surface area contributed by atoms with Crippen molar-refractivity contribution in [2.45, 2.75) is 0 Å². The van der Waals surface area contributed by atoms with Crippen molar-refractivity contribution >= 4 is 39.2 Å². The zero-order valence-electron chi connectivity index (χ0n) is 17.2. The summed E-state index contributed by atoms with van der Waals surface area (Å²) in [5.74, 6) is 0. The first kappa shape index (κ1) is 17.4. The van der Waals surface area contributed by atoms with Crippen LogP contribution < -0.4 is 4.90 Å². The van der Waals surface area contributed by atoms with Gasteiger partial charge in [-0.2, -0.15) is 0 Å². The zero-order valence-corrected chi connectivity index (χ0v) is 17.2. The number of nitrogens with zero attached hydrogens (tertiary/aromatic N) is 3. The second-order valence-electron chi connectivity index (χ2n) is 8.13. The van der Waals surface area contributed by atoms with Gasteiger partial charge in [0.15, 0.2) is 0 Å². The lowest BCUT2D eigenvalue weighted by atomic mass is 10.0. The SMILES string of the molecule is [CH]1C2=C1c1ccccc1N(c1ccc(-c3cnc4ccccc4n3)cc1)c1ccccc12. The summed E-state index contributed by atoms with van der Waals surface area (Å²) < 4.78 is 0. The number of fused-ring (bicyclic) bond motifs is 5. The van der Waals surface area contributed by atoms with Crippen molar-refractivity contribution < 1.29 is 0 Å². The lowest BCUT2D eigenvalue weighted by molar-refractivity contribution is 1.26. The first-order valence-corrected chi connectivity index (χ1v) is 10.8. The molecule has 0 saturated carbocycles. The van der Waals surface area contributed by atoms with E-state index >= 15 is 0 Å². The molecule has 7 rings (SSSR count). The maximum atomic E-state index is 4.80. The monoisotopic (exact) mass is 408 g/mol. The number of benzene rings is 4. The molecule has 1 radical (unpaired) electrons. The molecule has 0 unspecified atom stereocenters. The van der Waals surface area contributed by atoms with Crippen LogP contribution in [0.3, 0.4) is 0 Å². The van der Waals surface area contributed by atoms with Crippen LogP contribution in [0.25, 0.3) is 33.4 Å². The fourth-order valence-electron chi connectivity index (χ4n) is 4.63. The Morgan fingerprint density at radius 1 is 0.562 bits per heavy atom. The fourth-order valence-corrected chi connectivity index (χ4v) is 4.63. The summed E-state index contributed by atoms with van der Waals surface area (Å²) in [4.78, 5) is 11.7. The van der Waals surface area contributed by atoms with Gasteiger partial charge in [0.05, 0.1) is 34.3 Å². The second kappa shape index (κ2) is 6.63. The number of aromatic nitrogens is 2. The molecule has 5 aromatic rings. The van der Waals surface area contributed by atoms with Gasteiger partial charge in [-0.15, -0.1) is 0 Å². The van der Waals surface area contributed by atoms with E-state index in [0.29, 0.717) is 0 Å². The van der Waals surface area contributed by atoms with Crippen molar-refractivity contribution in [3.63, 3.8) is 0 Å². The van der Waals surface area contributed by atoms with Gasteiger partial charge in [0.2, 0.25) is 0 Å². The third-order valence-electron chi connectivity index (χ3n) is 6.24. The number of hydrogen-bond donors (Lipinski definition) is 0. The Morgan fingerprint density at radius 3 is 1.84 bits per heavy atom. The van der Waals surface area contributed by atoms with Crippen molar-refractivity contribution in [2.24, 2.45) is 0 Å². The van der Waals surface area contributed by atoms with Crippen molar-refractivity contribution in [3.05, 3.63) is 121 Å². The van der Waals surface area contributed by atoms with Crippen LogP contribution in [0, 0.1) is 6.42 Å². The number of hydrogen-bond acceptors (Lipinski definition) is 3. The molecule has 3 nitrogen and oxygen atoms in total. The van der Waals surface area contributed by atoms with Gasteiger partial charge >= 0.3 is 0 Å². The highest BCUT2D eigenvalue weighted by molar-refractivity contribution is 6.22. The van der Waals surface area contributed by atoms with E-state index in [4.69, 9.17) is 4.98 Å². The number of anilines is 3. The molecular formula is C29H18N3. The molecule has 0 atom stereocenters. The van der Waals surface area contributed by atoms with Crippen LogP contribution in [0.2, 0.25) is 0 Å². The third-order valence-corrected chi connectivity index (χ3v) is 6.24. The zero-order chi connectivity index (χ0) is 21.1. The lowest BCUT2D eigenvalue weighted by Gasteiger charge is -2.28. The van der Waals surface area contributed by atoms with Crippen LogP contribution in [-0.2, 0) is 0 Å². The molecular weight excluding hydrogens is 390 g/mol. The lowest BCUT2D eigenvalue weighted by Crippen LogP contribution is -2.12. The molecule has 0 amide bonds. The minimum atomic E-state index is 0.883. The van der Waals surface area contributed by atoms with E-state index < -0.39 is 0 Å². The van der Waals surface area contributed by atoms with Crippen molar-refractivity contribution in [1.82, 2.24) is 9.97 Å². The number of allylic oxidation sites excluding steroid dienone is 2. The van der Waals surface area contributed by atoms with E-state index in [9.17, 15) is 0 Å². The summed E-state index contributed by atoms with van der Waals surface area (Å²) in [6.45, 7) is 0. The first-order valence-electron chi connectivity index (χ1n) is 10.8. The standard InChI is InChI=1S/C29H18N3/c1-5-11-28-21(7-1)23-17-24(23)22-8-2-6-12-29(22)32(28)20-15-13-19(14-16-20)27-18-30-25-9-3-4-10-26(25)31-27/h1-18H. The van der Waals surface area contributed by atoms with Crippen molar-refractivity contribution in [2.75, 3.05) is 4.90 Å². The molecule has 0 spiro atoms. The van der Waals surface area contributed by atoms with E-state index in [1.165, 1.54) is 33.6 Å². The van der Waals surface area contributed by atoms with E-state index in [0.717, 1.165) is 28.0 Å². The van der Waals surface area contributed by atoms with Gasteiger partial charge in [-0.25, -0.2) is 4.98 Å². The molecule has 4 aromatic carbocycles. The molecule has 149 valence electrons. The summed E-state index contributed by atoms with van der Waals surface area (Å²) in [7, 11) is 0. The van der Waals surface area contributed by atoms with Crippen LogP contribution in [-0.4, -0.2) is 9.97 Å². The van der Waals surface area contributed by atoms with E-state index in [1.54, 1.807) is 0 Å². The predicted octanol–water partition coefficient (Wildman–Crippen LogP) is 7.21. The van der Waals surface area contributed by atoms with E-state index in [1.807, 2.05) is 30.5 Å². The normalized spacial score (nSPS) is 13.9. The maximum absolute atomic E-state index is 4.80. The number of para-hydroxylation sites is 4. The predicted molar refractivity (Wildman–Crippen MR) is 131 cm³/mol. The largest absolute Gasteiger partial charge is 0.309 e. The molecule has 2 aliphatic rings.